The highest BCUT2D eigenvalue weighted by Crippen LogP contribution is 2.67. The molecule has 0 saturated heterocycles. The van der Waals surface area contributed by atoms with Gasteiger partial charge in [0, 0.05) is 0 Å². The second kappa shape index (κ2) is 11.4. The molecule has 6 nitrogen and oxygen atoms in total. The van der Waals surface area contributed by atoms with Crippen LogP contribution in [0, 0.1) is 0 Å². The molecule has 0 saturated carbocycles. The summed E-state index contributed by atoms with van der Waals surface area (Å²) >= 11 is 0. The molecule has 0 spiro atoms. The van der Waals surface area contributed by atoms with E-state index in [0.29, 0.717) is 47.3 Å². The largest absolute Gasteiger partial charge is 0.493 e. The molecule has 0 aromatic heterocycles. The molecule has 3 aliphatic carbocycles. The van der Waals surface area contributed by atoms with Crippen molar-refractivity contribution in [1.82, 2.24) is 0 Å². The van der Waals surface area contributed by atoms with Crippen LogP contribution >= 0.6 is 0 Å². The van der Waals surface area contributed by atoms with Crippen molar-refractivity contribution in [2.24, 2.45) is 0 Å². The first-order chi connectivity index (χ1) is 22.5. The first-order valence-corrected chi connectivity index (χ1v) is 15.4. The van der Waals surface area contributed by atoms with Gasteiger partial charge in [0.15, 0.2) is 34.5 Å². The van der Waals surface area contributed by atoms with Crippen LogP contribution in [0.5, 0.6) is 34.5 Å². The van der Waals surface area contributed by atoms with Gasteiger partial charge in [-0.2, -0.15) is 0 Å². The van der Waals surface area contributed by atoms with Crippen LogP contribution in [0.4, 0.5) is 0 Å². The lowest BCUT2D eigenvalue weighted by molar-refractivity contribution is 0.340. The first-order valence-electron chi connectivity index (χ1n) is 15.4. The lowest BCUT2D eigenvalue weighted by Crippen LogP contribution is -2.53. The summed E-state index contributed by atoms with van der Waals surface area (Å²) < 4.78 is 35.9. The van der Waals surface area contributed by atoms with Crippen LogP contribution in [-0.4, -0.2) is 42.7 Å². The summed E-state index contributed by atoms with van der Waals surface area (Å²) in [5.74, 6) is 4.08. The van der Waals surface area contributed by atoms with Gasteiger partial charge in [-0.3, -0.25) is 0 Å². The Morgan fingerprint density at radius 3 is 0.761 bits per heavy atom. The van der Waals surface area contributed by atoms with Gasteiger partial charge in [0.1, 0.15) is 0 Å². The Bertz CT molecular complexity index is 1620. The van der Waals surface area contributed by atoms with Gasteiger partial charge < -0.3 is 28.4 Å². The van der Waals surface area contributed by atoms with Crippen LogP contribution in [0.3, 0.4) is 0 Å². The maximum Gasteiger partial charge on any atom is 0.161 e. The molecule has 0 N–H and O–H groups in total. The van der Waals surface area contributed by atoms with Crippen molar-refractivity contribution in [3.05, 3.63) is 142 Å². The van der Waals surface area contributed by atoms with E-state index < -0.39 is 10.8 Å². The van der Waals surface area contributed by atoms with Crippen LogP contribution in [0.2, 0.25) is 0 Å². The van der Waals surface area contributed by atoms with E-state index in [1.54, 1.807) is 42.7 Å². The highest BCUT2D eigenvalue weighted by Gasteiger charge is 2.60. The maximum absolute atomic E-state index is 5.98. The van der Waals surface area contributed by atoms with Gasteiger partial charge in [-0.15, -0.1) is 0 Å². The van der Waals surface area contributed by atoms with Crippen molar-refractivity contribution in [2.75, 3.05) is 42.7 Å². The fraction of sp³-hybridized carbons (Fsp3) is 0.250. The summed E-state index contributed by atoms with van der Waals surface area (Å²) in [5, 5.41) is 0. The normalized spacial score (nSPS) is 18.6. The number of hydrogen-bond acceptors (Lipinski definition) is 6. The fourth-order valence-corrected chi connectivity index (χ4v) is 8.00. The van der Waals surface area contributed by atoms with Crippen molar-refractivity contribution < 1.29 is 28.4 Å². The predicted octanol–water partition coefficient (Wildman–Crippen LogP) is 7.52. The smallest absolute Gasteiger partial charge is 0.161 e. The number of benzene rings is 5. The average Bonchev–Trinajstić information content (AvgIpc) is 3.11. The van der Waals surface area contributed by atoms with Crippen molar-refractivity contribution in [1.29, 1.82) is 0 Å². The molecule has 5 aromatic carbocycles. The van der Waals surface area contributed by atoms with Gasteiger partial charge in [-0.25, -0.2) is 0 Å². The molecule has 0 unspecified atom stereocenters. The van der Waals surface area contributed by atoms with E-state index >= 15 is 0 Å². The zero-order valence-corrected chi connectivity index (χ0v) is 27.1. The van der Waals surface area contributed by atoms with E-state index in [1.165, 1.54) is 11.1 Å². The second-order valence-corrected chi connectivity index (χ2v) is 11.9. The Morgan fingerprint density at radius 1 is 0.348 bits per heavy atom. The minimum Gasteiger partial charge on any atom is -0.493 e. The van der Waals surface area contributed by atoms with Crippen LogP contribution in [-0.2, 0) is 23.7 Å². The highest BCUT2D eigenvalue weighted by atomic mass is 16.5. The first kappa shape index (κ1) is 29.6. The standard InChI is InChI=1S/C40H38O6/c1-41-33-17-27-28(18-34(33)42-2)40(24-26-15-11-8-12-16-26)31-21-37(45-5)35(43-3)19-29(31)39(27,23-25-13-9-7-10-14-25)30-20-36(44-4)38(46-6)22-32(30)40/h7-22H,23-24H2,1-6H3. The Kier molecular flexibility index (Phi) is 7.31. The van der Waals surface area contributed by atoms with E-state index in [2.05, 4.69) is 97.1 Å². The SMILES string of the molecule is COc1cc2c(cc1OC)C1(Cc3ccccc3)c3cc(OC)c(OC)cc3C2(Cc2ccccc2)c2cc(OC)c(OC)cc21. The minimum absolute atomic E-state index is 0.654. The van der Waals surface area contributed by atoms with Gasteiger partial charge in [0.05, 0.1) is 53.5 Å². The van der Waals surface area contributed by atoms with Crippen molar-refractivity contribution in [3.63, 3.8) is 0 Å². The molecule has 0 aliphatic heterocycles. The Morgan fingerprint density at radius 2 is 0.565 bits per heavy atom. The van der Waals surface area contributed by atoms with Crippen LogP contribution in [0.1, 0.15) is 44.5 Å². The third-order valence-electron chi connectivity index (χ3n) is 9.95. The lowest BCUT2D eigenvalue weighted by Gasteiger charge is -2.57. The van der Waals surface area contributed by atoms with Gasteiger partial charge in [-0.1, -0.05) is 60.7 Å². The summed E-state index contributed by atoms with van der Waals surface area (Å²) in [6.45, 7) is 0. The minimum atomic E-state index is -0.654. The fourth-order valence-electron chi connectivity index (χ4n) is 8.00. The molecule has 0 amide bonds. The van der Waals surface area contributed by atoms with E-state index in [-0.39, 0.29) is 0 Å². The Balaban J connectivity index is 1.72. The summed E-state index contributed by atoms with van der Waals surface area (Å²) in [6.07, 6.45) is 1.37. The van der Waals surface area contributed by atoms with Gasteiger partial charge >= 0.3 is 0 Å². The topological polar surface area (TPSA) is 55.4 Å². The summed E-state index contributed by atoms with van der Waals surface area (Å²) in [4.78, 5) is 0. The van der Waals surface area contributed by atoms with Crippen LogP contribution < -0.4 is 28.4 Å². The average molecular weight is 615 g/mol. The molecule has 8 rings (SSSR count). The molecular formula is C40H38O6. The number of hydrogen-bond donors (Lipinski definition) is 0. The second-order valence-electron chi connectivity index (χ2n) is 11.9. The molecule has 0 fully saturated rings. The number of rotatable bonds is 10. The van der Waals surface area contributed by atoms with Crippen LogP contribution in [0.15, 0.2) is 97.1 Å². The Hall–Kier alpha value is -5.10. The Labute approximate surface area is 270 Å². The molecular weight excluding hydrogens is 576 g/mol. The van der Waals surface area contributed by atoms with Gasteiger partial charge in [0.25, 0.3) is 0 Å². The van der Waals surface area contributed by atoms with E-state index in [1.807, 2.05) is 0 Å². The number of methoxy groups -OCH3 is 6. The summed E-state index contributed by atoms with van der Waals surface area (Å²) in [5.41, 5.74) is 8.03. The maximum atomic E-state index is 5.98. The number of ether oxygens (including phenoxy) is 6. The molecule has 3 aliphatic rings. The zero-order valence-electron chi connectivity index (χ0n) is 27.1. The molecule has 0 heterocycles. The molecule has 6 heteroatoms. The lowest BCUT2D eigenvalue weighted by atomic mass is 9.45. The molecule has 234 valence electrons. The van der Waals surface area contributed by atoms with E-state index in [9.17, 15) is 0 Å². The highest BCUT2D eigenvalue weighted by molar-refractivity contribution is 5.80. The van der Waals surface area contributed by atoms with Crippen molar-refractivity contribution >= 4 is 0 Å². The van der Waals surface area contributed by atoms with Gasteiger partial charge in [-0.05, 0) is 93.7 Å². The van der Waals surface area contributed by atoms with E-state index in [0.717, 1.165) is 33.4 Å². The van der Waals surface area contributed by atoms with Gasteiger partial charge in [0.2, 0.25) is 0 Å². The van der Waals surface area contributed by atoms with Crippen LogP contribution in [0.25, 0.3) is 0 Å². The van der Waals surface area contributed by atoms with E-state index in [4.69, 9.17) is 28.4 Å². The summed E-state index contributed by atoms with van der Waals surface area (Å²) in [6, 6.07) is 34.3. The predicted molar refractivity (Wildman–Crippen MR) is 179 cm³/mol. The zero-order chi connectivity index (χ0) is 32.1. The van der Waals surface area contributed by atoms with Crippen molar-refractivity contribution in [3.8, 4) is 34.5 Å². The quantitative estimate of drug-likeness (QED) is 0.162. The molecule has 5 aromatic rings. The molecule has 0 radical (unpaired) electrons. The third kappa shape index (κ3) is 4.09. The third-order valence-corrected chi connectivity index (χ3v) is 9.95. The molecule has 0 atom stereocenters. The molecule has 2 bridgehead atoms. The summed E-state index contributed by atoms with van der Waals surface area (Å²) in [7, 11) is 10.2. The van der Waals surface area contributed by atoms with Crippen molar-refractivity contribution in [2.45, 2.75) is 23.7 Å². The molecule has 46 heavy (non-hydrogen) atoms. The monoisotopic (exact) mass is 614 g/mol.